The molecule has 2 bridgehead atoms. The predicted octanol–water partition coefficient (Wildman–Crippen LogP) is -0.497. The minimum atomic E-state index is -1.28. The van der Waals surface area contributed by atoms with Crippen LogP contribution >= 0.6 is 23.1 Å². The molecule has 4 rings (SSSR count). The summed E-state index contributed by atoms with van der Waals surface area (Å²) in [7, 11) is 0. The second-order valence-corrected chi connectivity index (χ2v) is 14.8. The molecule has 64 heavy (non-hydrogen) atoms. The smallest absolute Gasteiger partial charge is 0.299 e. The van der Waals surface area contributed by atoms with Crippen LogP contribution in [0.3, 0.4) is 0 Å². The Morgan fingerprint density at radius 3 is 1.98 bits per heavy atom. The van der Waals surface area contributed by atoms with E-state index in [9.17, 15) is 40.0 Å². The Morgan fingerprint density at radius 2 is 1.38 bits per heavy atom. The third-order valence-electron chi connectivity index (χ3n) is 9.06. The number of nitro benzene ring substituents is 2. The Labute approximate surface area is 376 Å². The zero-order chi connectivity index (χ0) is 46.0. The van der Waals surface area contributed by atoms with E-state index < -0.39 is 45.7 Å². The maximum absolute atomic E-state index is 12.0. The third-order valence-corrected chi connectivity index (χ3v) is 9.97. The van der Waals surface area contributed by atoms with Gasteiger partial charge in [-0.15, -0.1) is 0 Å². The number of benzene rings is 1. The molecule has 2 aromatic rings. The number of anilines is 2. The summed E-state index contributed by atoms with van der Waals surface area (Å²) in [5, 5.41) is 55.1. The van der Waals surface area contributed by atoms with Gasteiger partial charge in [0.25, 0.3) is 11.4 Å². The first-order chi connectivity index (χ1) is 31.0. The van der Waals surface area contributed by atoms with Gasteiger partial charge >= 0.3 is 0 Å². The molecule has 0 aliphatic carbocycles. The third kappa shape index (κ3) is 18.8. The minimum Gasteiger partial charge on any atom is -0.388 e. The molecule has 2 aliphatic rings. The average molecular weight is 955 g/mol. The van der Waals surface area contributed by atoms with Crippen LogP contribution in [0.2, 0.25) is 5.28 Å². The summed E-state index contributed by atoms with van der Waals surface area (Å²) in [6, 6.07) is 2.56. The van der Waals surface area contributed by atoms with Crippen molar-refractivity contribution >= 4 is 57.1 Å². The molecular weight excluding hydrogens is 900 g/mol. The second kappa shape index (κ2) is 29.5. The minimum absolute atomic E-state index is 0.00769. The highest BCUT2D eigenvalue weighted by atomic mass is 35.5. The van der Waals surface area contributed by atoms with Crippen molar-refractivity contribution in [3.8, 4) is 0 Å². The summed E-state index contributed by atoms with van der Waals surface area (Å²) in [6.45, 7) is 4.36. The largest absolute Gasteiger partial charge is 0.388 e. The number of carbonyl (C=O) groups is 2. The highest BCUT2D eigenvalue weighted by molar-refractivity contribution is 7.09. The molecule has 2 amide bonds. The molecule has 2 fully saturated rings. The number of aliphatic hydroxyl groups excluding tert-OH is 2. The zero-order valence-corrected chi connectivity index (χ0v) is 36.5. The van der Waals surface area contributed by atoms with Gasteiger partial charge in [0.05, 0.1) is 122 Å². The first kappa shape index (κ1) is 52.6. The van der Waals surface area contributed by atoms with E-state index in [1.807, 2.05) is 0 Å². The fraction of sp³-hybridized carbons (Fsp3) is 0.722. The molecule has 2 aliphatic heterocycles. The van der Waals surface area contributed by atoms with Gasteiger partial charge in [0.15, 0.2) is 6.29 Å². The van der Waals surface area contributed by atoms with Crippen LogP contribution in [0.4, 0.5) is 22.2 Å². The molecule has 2 saturated heterocycles. The number of nitrogens with zero attached hydrogens (tertiary/aromatic N) is 4. The molecular formula is C36H55ClN8O18S. The highest BCUT2D eigenvalue weighted by Gasteiger charge is 2.59. The molecule has 1 aromatic carbocycles. The quantitative estimate of drug-likeness (QED) is 0.0285. The van der Waals surface area contributed by atoms with Gasteiger partial charge in [-0.2, -0.15) is 9.36 Å². The summed E-state index contributed by atoms with van der Waals surface area (Å²) in [5.74, 6) is -0.530. The van der Waals surface area contributed by atoms with Gasteiger partial charge in [-0.05, 0) is 17.7 Å². The van der Waals surface area contributed by atoms with Crippen LogP contribution < -0.4 is 21.3 Å². The van der Waals surface area contributed by atoms with Crippen molar-refractivity contribution in [3.63, 3.8) is 0 Å². The number of aromatic nitrogens is 2. The summed E-state index contributed by atoms with van der Waals surface area (Å²) < 4.78 is 59.0. The Hall–Kier alpha value is -4.07. The second-order valence-electron chi connectivity index (χ2n) is 13.7. The Kier molecular flexibility index (Phi) is 24.2. The lowest BCUT2D eigenvalue weighted by atomic mass is 9.88. The fourth-order valence-corrected chi connectivity index (χ4v) is 6.63. The number of amides is 2. The SMILES string of the molecule is O=C(CCOCCNC(=O)COCCOCCOCCNc1ccc([N+](=O)[O-])cc1[N+](=O)[O-])NCCOCCOCCOCCOC[C@@]12CO[C@@H](O1)[C@H](Nc1nc(Cl)ns1)[C@@H](O)[C@H]2O. The van der Waals surface area contributed by atoms with Gasteiger partial charge in [0, 0.05) is 43.7 Å². The highest BCUT2D eigenvalue weighted by Crippen LogP contribution is 2.38. The van der Waals surface area contributed by atoms with E-state index in [0.717, 1.165) is 17.6 Å². The van der Waals surface area contributed by atoms with Crippen molar-refractivity contribution in [2.45, 2.75) is 36.6 Å². The molecule has 0 radical (unpaired) electrons. The molecule has 360 valence electrons. The number of aliphatic hydroxyl groups is 2. The van der Waals surface area contributed by atoms with Crippen molar-refractivity contribution in [2.24, 2.45) is 0 Å². The number of nitrogens with one attached hydrogen (secondary N) is 4. The van der Waals surface area contributed by atoms with Gasteiger partial charge in [-0.25, -0.2) is 0 Å². The average Bonchev–Trinajstić information content (AvgIpc) is 3.89. The van der Waals surface area contributed by atoms with Gasteiger partial charge < -0.3 is 78.8 Å². The van der Waals surface area contributed by atoms with E-state index in [-0.39, 0.29) is 127 Å². The fourth-order valence-electron chi connectivity index (χ4n) is 5.88. The van der Waals surface area contributed by atoms with Crippen LogP contribution in [-0.2, 0) is 57.0 Å². The van der Waals surface area contributed by atoms with Crippen molar-refractivity contribution in [2.75, 3.05) is 143 Å². The molecule has 0 spiro atoms. The lowest BCUT2D eigenvalue weighted by Gasteiger charge is -2.42. The van der Waals surface area contributed by atoms with Gasteiger partial charge in [-0.3, -0.25) is 29.8 Å². The van der Waals surface area contributed by atoms with Crippen LogP contribution in [0.1, 0.15) is 6.42 Å². The number of rotatable bonds is 36. The lowest BCUT2D eigenvalue weighted by molar-refractivity contribution is -0.393. The molecule has 6 N–H and O–H groups in total. The molecule has 0 unspecified atom stereocenters. The summed E-state index contributed by atoms with van der Waals surface area (Å²) in [5.41, 5.74) is -1.85. The lowest BCUT2D eigenvalue weighted by Crippen LogP contribution is -2.64. The van der Waals surface area contributed by atoms with Gasteiger partial charge in [-0.1, -0.05) is 0 Å². The number of non-ortho nitro benzene ring substituents is 1. The number of hydrogen-bond donors (Lipinski definition) is 6. The summed E-state index contributed by atoms with van der Waals surface area (Å²) >= 11 is 6.77. The zero-order valence-electron chi connectivity index (χ0n) is 34.9. The number of ether oxygens (including phenoxy) is 10. The van der Waals surface area contributed by atoms with Crippen molar-refractivity contribution in [1.29, 1.82) is 0 Å². The van der Waals surface area contributed by atoms with Crippen LogP contribution in [0.5, 0.6) is 0 Å². The van der Waals surface area contributed by atoms with E-state index in [0.29, 0.717) is 44.7 Å². The number of nitro groups is 2. The summed E-state index contributed by atoms with van der Waals surface area (Å²) in [6.07, 6.45) is -3.17. The normalized spacial score (nSPS) is 20.2. The topological polar surface area (TPSA) is 327 Å². The van der Waals surface area contributed by atoms with Crippen LogP contribution in [0, 0.1) is 20.2 Å². The Balaban J connectivity index is 0.838. The van der Waals surface area contributed by atoms with E-state index >= 15 is 0 Å². The van der Waals surface area contributed by atoms with Gasteiger partial charge in [0.2, 0.25) is 22.2 Å². The molecule has 5 atom stereocenters. The molecule has 28 heteroatoms. The molecule has 0 saturated carbocycles. The Bertz CT molecular complexity index is 1720. The maximum Gasteiger partial charge on any atom is 0.299 e. The first-order valence-electron chi connectivity index (χ1n) is 20.2. The van der Waals surface area contributed by atoms with Crippen molar-refractivity contribution < 1.29 is 77.0 Å². The number of halogens is 1. The van der Waals surface area contributed by atoms with Crippen molar-refractivity contribution in [3.05, 3.63) is 43.7 Å². The van der Waals surface area contributed by atoms with Crippen LogP contribution in [-0.4, -0.2) is 203 Å². The standard InChI is InChI=1S/C36H55ClN8O18S/c37-34-42-35(64-43-34)41-30-31(48)32(49)36(24-62-33(30)63-36)23-61-20-18-59-16-15-57-13-12-56-10-5-39-28(46)3-7-54-9-6-40-29(47)22-60-19-17-58-14-11-55-8-4-38-26-2-1-25(44(50)51)21-27(26)45(52)53/h1-2,21,30-33,38,48-49H,3-20,22-24H2,(H,39,46)(H,40,47)(H,41,42,43)/t30-,31-,32-,33+,36+/m1/s1. The first-order valence-corrected chi connectivity index (χ1v) is 21.4. The van der Waals surface area contributed by atoms with Crippen molar-refractivity contribution in [1.82, 2.24) is 20.0 Å². The monoisotopic (exact) mass is 954 g/mol. The number of fused-ring (bicyclic) bond motifs is 2. The van der Waals surface area contributed by atoms with E-state index in [1.54, 1.807) is 0 Å². The molecule has 26 nitrogen and oxygen atoms in total. The summed E-state index contributed by atoms with van der Waals surface area (Å²) in [4.78, 5) is 48.5. The Morgan fingerprint density at radius 1 is 0.797 bits per heavy atom. The number of carbonyl (C=O) groups excluding carboxylic acids is 2. The molecule has 1 aromatic heterocycles. The maximum atomic E-state index is 12.0. The van der Waals surface area contributed by atoms with E-state index in [4.69, 9.17) is 59.0 Å². The van der Waals surface area contributed by atoms with Crippen LogP contribution in [0.15, 0.2) is 18.2 Å². The van der Waals surface area contributed by atoms with Gasteiger partial charge in [0.1, 0.15) is 36.1 Å². The van der Waals surface area contributed by atoms with E-state index in [2.05, 4.69) is 30.6 Å². The number of hydrogen-bond acceptors (Lipinski definition) is 23. The molecule has 3 heterocycles. The van der Waals surface area contributed by atoms with E-state index in [1.165, 1.54) is 12.1 Å². The van der Waals surface area contributed by atoms with Crippen LogP contribution in [0.25, 0.3) is 0 Å². The predicted molar refractivity (Wildman–Crippen MR) is 223 cm³/mol.